The van der Waals surface area contributed by atoms with Crippen LogP contribution in [-0.2, 0) is 0 Å². The van der Waals surface area contributed by atoms with E-state index < -0.39 is 0 Å². The van der Waals surface area contributed by atoms with Crippen LogP contribution in [0.5, 0.6) is 0 Å². The largest absolute Gasteiger partial charge is 0.309 e. The first-order valence-corrected chi connectivity index (χ1v) is 19.5. The number of thiophene rings is 1. The highest BCUT2D eigenvalue weighted by Gasteiger charge is 2.26. The molecule has 0 atom stereocenters. The lowest BCUT2D eigenvalue weighted by molar-refractivity contribution is 1.08. The molecule has 5 heteroatoms. The number of aromatic nitrogens is 4. The number of hydrogen-bond donors (Lipinski definition) is 0. The molecule has 9 aromatic carbocycles. The van der Waals surface area contributed by atoms with Gasteiger partial charge in [-0.05, 0) is 74.8 Å². The molecule has 13 rings (SSSR count). The van der Waals surface area contributed by atoms with Crippen molar-refractivity contribution in [2.75, 3.05) is 0 Å². The van der Waals surface area contributed by atoms with Gasteiger partial charge in [-0.3, -0.25) is 4.57 Å². The van der Waals surface area contributed by atoms with Gasteiger partial charge >= 0.3 is 0 Å². The molecule has 13 aromatic rings. The molecule has 0 bridgehead atoms. The molecule has 254 valence electrons. The van der Waals surface area contributed by atoms with E-state index >= 15 is 0 Å². The van der Waals surface area contributed by atoms with E-state index in [9.17, 15) is 0 Å². The lowest BCUT2D eigenvalue weighted by Crippen LogP contribution is -2.03. The summed E-state index contributed by atoms with van der Waals surface area (Å²) in [5.41, 5.74) is 8.62. The van der Waals surface area contributed by atoms with Crippen LogP contribution in [0.2, 0.25) is 0 Å². The first-order chi connectivity index (χ1) is 27.3. The molecule has 55 heavy (non-hydrogen) atoms. The Kier molecular flexibility index (Phi) is 5.74. The fraction of sp³-hybridized carbons (Fsp3) is 0. The van der Waals surface area contributed by atoms with Gasteiger partial charge in [0, 0.05) is 42.9 Å². The standard InChI is InChI=1S/C50H28N4S/c1-2-13-30(14-3-1)47-49(51-48-37-18-8-9-23-42(37)55-50(48)52-47)54-39-22-11-20-36-34-17-7-6-16-33(34)35-19-10-21-38-43(35)45-40(26-27-41(54)46(45)44(36)39)53(38)32-25-24-29-12-4-5-15-31(29)28-32/h1-28H. The van der Waals surface area contributed by atoms with Crippen molar-refractivity contribution in [1.82, 2.24) is 19.1 Å². The number of benzene rings is 8. The first kappa shape index (κ1) is 29.4. The Morgan fingerprint density at radius 3 is 1.73 bits per heavy atom. The summed E-state index contributed by atoms with van der Waals surface area (Å²) in [6.45, 7) is 0. The van der Waals surface area contributed by atoms with E-state index in [1.807, 2.05) is 0 Å². The van der Waals surface area contributed by atoms with E-state index in [-0.39, 0.29) is 0 Å². The predicted molar refractivity (Wildman–Crippen MR) is 233 cm³/mol. The molecule has 0 aliphatic rings. The third-order valence-electron chi connectivity index (χ3n) is 11.7. The highest BCUT2D eigenvalue weighted by atomic mass is 32.1. The molecule has 0 N–H and O–H groups in total. The summed E-state index contributed by atoms with van der Waals surface area (Å²) in [6.07, 6.45) is 0. The van der Waals surface area contributed by atoms with E-state index in [1.165, 1.54) is 69.6 Å². The van der Waals surface area contributed by atoms with Crippen molar-refractivity contribution in [2.45, 2.75) is 0 Å². The molecular weight excluding hydrogens is 689 g/mol. The van der Waals surface area contributed by atoms with Gasteiger partial charge in [-0.2, -0.15) is 0 Å². The Hall–Kier alpha value is -7.08. The summed E-state index contributed by atoms with van der Waals surface area (Å²) < 4.78 is 6.06. The topological polar surface area (TPSA) is 35.6 Å². The lowest BCUT2D eigenvalue weighted by atomic mass is 9.95. The average molecular weight is 717 g/mol. The van der Waals surface area contributed by atoms with Crippen molar-refractivity contribution in [2.24, 2.45) is 0 Å². The molecule has 0 aliphatic carbocycles. The molecule has 0 spiro atoms. The van der Waals surface area contributed by atoms with Crippen molar-refractivity contribution in [1.29, 1.82) is 0 Å². The lowest BCUT2D eigenvalue weighted by Gasteiger charge is -2.13. The van der Waals surface area contributed by atoms with Crippen LogP contribution in [-0.4, -0.2) is 19.1 Å². The van der Waals surface area contributed by atoms with E-state index in [2.05, 4.69) is 179 Å². The molecule has 0 unspecified atom stereocenters. The molecule has 0 fully saturated rings. The van der Waals surface area contributed by atoms with Crippen molar-refractivity contribution < 1.29 is 0 Å². The maximum absolute atomic E-state index is 5.63. The average Bonchev–Trinajstić information content (AvgIpc) is 3.90. The monoisotopic (exact) mass is 716 g/mol. The van der Waals surface area contributed by atoms with Gasteiger partial charge < -0.3 is 4.57 Å². The Morgan fingerprint density at radius 2 is 0.982 bits per heavy atom. The van der Waals surface area contributed by atoms with E-state index in [1.54, 1.807) is 11.3 Å². The van der Waals surface area contributed by atoms with Crippen molar-refractivity contribution in [3.05, 3.63) is 170 Å². The van der Waals surface area contributed by atoms with Crippen LogP contribution in [0.15, 0.2) is 170 Å². The van der Waals surface area contributed by atoms with Crippen LogP contribution in [0.4, 0.5) is 0 Å². The molecule has 0 amide bonds. The highest BCUT2D eigenvalue weighted by Crippen LogP contribution is 2.48. The maximum Gasteiger partial charge on any atom is 0.165 e. The van der Waals surface area contributed by atoms with Crippen LogP contribution in [0.3, 0.4) is 0 Å². The minimum atomic E-state index is 0.838. The van der Waals surface area contributed by atoms with E-state index in [0.29, 0.717) is 0 Å². The van der Waals surface area contributed by atoms with Crippen LogP contribution < -0.4 is 0 Å². The summed E-state index contributed by atoms with van der Waals surface area (Å²) in [6, 6.07) is 61.7. The van der Waals surface area contributed by atoms with Crippen LogP contribution in [0.1, 0.15) is 0 Å². The number of rotatable bonds is 3. The van der Waals surface area contributed by atoms with Crippen LogP contribution >= 0.6 is 11.3 Å². The first-order valence-electron chi connectivity index (χ1n) is 18.7. The molecule has 0 saturated heterocycles. The fourth-order valence-corrected chi connectivity index (χ4v) is 10.4. The van der Waals surface area contributed by atoms with Gasteiger partial charge in [-0.1, -0.05) is 127 Å². The number of fused-ring (bicyclic) bond motifs is 7. The summed E-state index contributed by atoms with van der Waals surface area (Å²) in [5.74, 6) is 0.838. The maximum atomic E-state index is 5.63. The van der Waals surface area contributed by atoms with Gasteiger partial charge in [0.05, 0.1) is 22.1 Å². The van der Waals surface area contributed by atoms with Crippen LogP contribution in [0.25, 0.3) is 119 Å². The minimum Gasteiger partial charge on any atom is -0.309 e. The second kappa shape index (κ2) is 10.8. The van der Waals surface area contributed by atoms with Crippen molar-refractivity contribution in [3.63, 3.8) is 0 Å². The fourth-order valence-electron chi connectivity index (χ4n) is 9.38. The van der Waals surface area contributed by atoms with Crippen molar-refractivity contribution in [3.8, 4) is 22.8 Å². The second-order valence-electron chi connectivity index (χ2n) is 14.5. The SMILES string of the molecule is c1ccc(-c2nc3sc4ccccc4c3nc2-n2c3cccc4c5ccccc5c5cccc6c5c5c(c43)c2ccc5n6-c2ccc3ccccc3c2)cc1. The second-order valence-corrected chi connectivity index (χ2v) is 15.5. The molecule has 0 radical (unpaired) electrons. The summed E-state index contributed by atoms with van der Waals surface area (Å²) in [4.78, 5) is 12.0. The number of nitrogens with zero attached hydrogens (tertiary/aromatic N) is 4. The Bertz CT molecular complexity index is 3720. The zero-order chi connectivity index (χ0) is 35.8. The van der Waals surface area contributed by atoms with Gasteiger partial charge in [-0.25, -0.2) is 9.97 Å². The summed E-state index contributed by atoms with van der Waals surface area (Å²) in [7, 11) is 0. The molecule has 0 aliphatic heterocycles. The third kappa shape index (κ3) is 3.89. The zero-order valence-electron chi connectivity index (χ0n) is 29.4. The van der Waals surface area contributed by atoms with Gasteiger partial charge in [0.15, 0.2) is 5.82 Å². The molecule has 4 aromatic heterocycles. The predicted octanol–water partition coefficient (Wildman–Crippen LogP) is 13.6. The Balaban J connectivity index is 1.27. The molecule has 4 heterocycles. The molecule has 0 saturated carbocycles. The quantitative estimate of drug-likeness (QED) is 0.182. The zero-order valence-corrected chi connectivity index (χ0v) is 30.2. The highest BCUT2D eigenvalue weighted by molar-refractivity contribution is 7.25. The van der Waals surface area contributed by atoms with Gasteiger partial charge in [-0.15, -0.1) is 11.3 Å². The smallest absolute Gasteiger partial charge is 0.165 e. The Morgan fingerprint density at radius 1 is 0.400 bits per heavy atom. The third-order valence-corrected chi connectivity index (χ3v) is 12.7. The Labute approximate surface area is 318 Å². The summed E-state index contributed by atoms with van der Waals surface area (Å²) in [5, 5.41) is 13.5. The van der Waals surface area contributed by atoms with Crippen molar-refractivity contribution >= 4 is 108 Å². The van der Waals surface area contributed by atoms with Gasteiger partial charge in [0.1, 0.15) is 16.0 Å². The van der Waals surface area contributed by atoms with Gasteiger partial charge in [0.2, 0.25) is 0 Å². The van der Waals surface area contributed by atoms with Gasteiger partial charge in [0.25, 0.3) is 0 Å². The van der Waals surface area contributed by atoms with E-state index in [0.717, 1.165) is 49.5 Å². The normalized spacial score (nSPS) is 12.4. The number of hydrogen-bond acceptors (Lipinski definition) is 3. The van der Waals surface area contributed by atoms with Crippen LogP contribution in [0, 0.1) is 0 Å². The van der Waals surface area contributed by atoms with E-state index in [4.69, 9.17) is 9.97 Å². The molecular formula is C50H28N4S. The molecule has 4 nitrogen and oxygen atoms in total. The summed E-state index contributed by atoms with van der Waals surface area (Å²) >= 11 is 1.71. The minimum absolute atomic E-state index is 0.838.